The molecular weight excluding hydrogens is 408 g/mol. The molecular formula is C17H15FIN3O. The zero-order chi connectivity index (χ0) is 16.6. The lowest BCUT2D eigenvalue weighted by atomic mass is 9.98. The fraction of sp³-hybridized carbons (Fsp3) is 0.176. The van der Waals surface area contributed by atoms with E-state index in [1.54, 1.807) is 25.6 Å². The summed E-state index contributed by atoms with van der Waals surface area (Å²) in [5.41, 5.74) is 9.18. The van der Waals surface area contributed by atoms with Crippen LogP contribution in [0.2, 0.25) is 0 Å². The predicted molar refractivity (Wildman–Crippen MR) is 97.0 cm³/mol. The van der Waals surface area contributed by atoms with E-state index in [1.165, 1.54) is 12.1 Å². The highest BCUT2D eigenvalue weighted by Gasteiger charge is 2.28. The molecule has 3 rings (SSSR count). The van der Waals surface area contributed by atoms with E-state index in [4.69, 9.17) is 10.5 Å². The third-order valence-electron chi connectivity index (χ3n) is 3.52. The van der Waals surface area contributed by atoms with Gasteiger partial charge in [-0.15, -0.1) is 0 Å². The van der Waals surface area contributed by atoms with Gasteiger partial charge in [0.1, 0.15) is 15.1 Å². The molecule has 0 amide bonds. The minimum Gasteiger partial charge on any atom is -0.495 e. The summed E-state index contributed by atoms with van der Waals surface area (Å²) in [7, 11) is 1.56. The van der Waals surface area contributed by atoms with Crippen LogP contribution in [0.15, 0.2) is 42.7 Å². The van der Waals surface area contributed by atoms with Crippen LogP contribution in [-0.2, 0) is 3.55 Å². The van der Waals surface area contributed by atoms with Crippen LogP contribution in [-0.4, -0.2) is 17.1 Å². The van der Waals surface area contributed by atoms with Gasteiger partial charge < -0.3 is 10.5 Å². The molecule has 0 spiro atoms. The summed E-state index contributed by atoms with van der Waals surface area (Å²) in [4.78, 5) is 8.82. The van der Waals surface area contributed by atoms with E-state index in [9.17, 15) is 4.39 Å². The molecule has 2 N–H and O–H groups in total. The van der Waals surface area contributed by atoms with Gasteiger partial charge in [-0.05, 0) is 31.2 Å². The number of alkyl halides is 1. The normalized spacial score (nSPS) is 13.8. The summed E-state index contributed by atoms with van der Waals surface area (Å²) in [5.74, 6) is 0.207. The first-order chi connectivity index (χ1) is 10.9. The fourth-order valence-corrected chi connectivity index (χ4v) is 2.94. The summed E-state index contributed by atoms with van der Waals surface area (Å²) in [6.07, 6.45) is 3.41. The molecule has 0 bridgehead atoms. The molecule has 1 aromatic carbocycles. The lowest BCUT2D eigenvalue weighted by Crippen LogP contribution is -2.27. The number of ether oxygens (including phenoxy) is 1. The minimum absolute atomic E-state index is 0.340. The van der Waals surface area contributed by atoms with Gasteiger partial charge in [0.05, 0.1) is 23.9 Å². The molecule has 0 unspecified atom stereocenters. The highest BCUT2D eigenvalue weighted by atomic mass is 127. The average molecular weight is 423 g/mol. The second-order valence-electron chi connectivity index (χ2n) is 5.35. The van der Waals surface area contributed by atoms with Gasteiger partial charge in [0.25, 0.3) is 0 Å². The number of methoxy groups -OCH3 is 1. The topological polar surface area (TPSA) is 61.0 Å². The van der Waals surface area contributed by atoms with Crippen molar-refractivity contribution in [2.75, 3.05) is 7.11 Å². The largest absolute Gasteiger partial charge is 0.495 e. The monoisotopic (exact) mass is 423 g/mol. The number of nitrogens with zero attached hydrogens (tertiary/aromatic N) is 2. The number of benzene rings is 1. The Morgan fingerprint density at radius 1 is 1.30 bits per heavy atom. The van der Waals surface area contributed by atoms with Crippen molar-refractivity contribution in [3.63, 3.8) is 0 Å². The summed E-state index contributed by atoms with van der Waals surface area (Å²) in [6, 6.07) is 8.17. The summed E-state index contributed by atoms with van der Waals surface area (Å²) in [5, 5.41) is 0.607. The number of halogens is 2. The number of aromatic nitrogens is 2. The molecule has 0 aliphatic rings. The van der Waals surface area contributed by atoms with Gasteiger partial charge in [0.15, 0.2) is 0 Å². The number of nitrogens with two attached hydrogens (primary N) is 1. The third-order valence-corrected chi connectivity index (χ3v) is 4.03. The van der Waals surface area contributed by atoms with E-state index in [2.05, 4.69) is 32.6 Å². The second-order valence-corrected chi connectivity index (χ2v) is 7.59. The van der Waals surface area contributed by atoms with E-state index in [0.717, 1.165) is 11.1 Å². The molecule has 0 aliphatic carbocycles. The third kappa shape index (κ3) is 3.00. The first-order valence-electron chi connectivity index (χ1n) is 6.97. The van der Waals surface area contributed by atoms with E-state index < -0.39 is 3.55 Å². The van der Waals surface area contributed by atoms with Gasteiger partial charge in [0, 0.05) is 23.3 Å². The smallest absolute Gasteiger partial charge is 0.138 e. The predicted octanol–water partition coefficient (Wildman–Crippen LogP) is 4.01. The molecule has 1 atom stereocenters. The zero-order valence-corrected chi connectivity index (χ0v) is 14.8. The molecule has 0 saturated heterocycles. The van der Waals surface area contributed by atoms with Gasteiger partial charge in [-0.3, -0.25) is 4.98 Å². The maximum atomic E-state index is 13.7. The van der Waals surface area contributed by atoms with Crippen molar-refractivity contribution < 1.29 is 9.13 Å². The maximum absolute atomic E-state index is 13.7. The van der Waals surface area contributed by atoms with Crippen molar-refractivity contribution in [3.8, 4) is 16.9 Å². The van der Waals surface area contributed by atoms with Crippen LogP contribution in [0.4, 0.5) is 4.39 Å². The molecule has 6 heteroatoms. The Kier molecular flexibility index (Phi) is 4.20. The van der Waals surface area contributed by atoms with Crippen LogP contribution in [0, 0.1) is 5.82 Å². The number of hydrogen-bond donors (Lipinski definition) is 1. The number of fused-ring (bicyclic) bond motifs is 1. The molecule has 0 fully saturated rings. The highest BCUT2D eigenvalue weighted by molar-refractivity contribution is 14.1. The molecule has 3 aromatic rings. The Hall–Kier alpha value is -1.80. The van der Waals surface area contributed by atoms with Crippen LogP contribution in [0.3, 0.4) is 0 Å². The Morgan fingerprint density at radius 3 is 2.70 bits per heavy atom. The molecule has 0 saturated carbocycles. The molecule has 4 nitrogen and oxygen atoms in total. The molecule has 0 radical (unpaired) electrons. The Morgan fingerprint density at radius 2 is 2.09 bits per heavy atom. The number of pyridine rings is 2. The van der Waals surface area contributed by atoms with E-state index in [0.29, 0.717) is 22.3 Å². The quantitative estimate of drug-likeness (QED) is 0.393. The standard InChI is InChI=1S/C17H15FIN3O/c1-17(19,20)16-14(10-4-3-7-21-9-10)15(23-2)12-8-11(18)5-6-13(12)22-16/h3-9H,20H2,1-2H3/t17-/m0/s1. The minimum atomic E-state index is -0.723. The fourth-order valence-electron chi connectivity index (χ4n) is 2.55. The van der Waals surface area contributed by atoms with Gasteiger partial charge in [-0.25, -0.2) is 9.37 Å². The summed E-state index contributed by atoms with van der Waals surface area (Å²) in [6.45, 7) is 1.87. The van der Waals surface area contributed by atoms with Crippen molar-refractivity contribution in [1.82, 2.24) is 9.97 Å². The zero-order valence-electron chi connectivity index (χ0n) is 12.7. The average Bonchev–Trinajstić information content (AvgIpc) is 2.53. The van der Waals surface area contributed by atoms with Gasteiger partial charge in [-0.2, -0.15) is 0 Å². The SMILES string of the molecule is COc1c(-c2cccnc2)c([C@](C)(N)I)nc2ccc(F)cc12. The second kappa shape index (κ2) is 6.01. The lowest BCUT2D eigenvalue weighted by molar-refractivity contribution is 0.420. The van der Waals surface area contributed by atoms with Crippen LogP contribution in [0.25, 0.3) is 22.0 Å². The van der Waals surface area contributed by atoms with Crippen molar-refractivity contribution in [2.24, 2.45) is 5.73 Å². The van der Waals surface area contributed by atoms with Gasteiger partial charge >= 0.3 is 0 Å². The Balaban J connectivity index is 2.47. The van der Waals surface area contributed by atoms with Crippen molar-refractivity contribution in [3.05, 3.63) is 54.2 Å². The van der Waals surface area contributed by atoms with Crippen molar-refractivity contribution in [2.45, 2.75) is 10.5 Å². The number of hydrogen-bond acceptors (Lipinski definition) is 4. The van der Waals surface area contributed by atoms with Crippen LogP contribution in [0.5, 0.6) is 5.75 Å². The Bertz CT molecular complexity index is 863. The van der Waals surface area contributed by atoms with E-state index >= 15 is 0 Å². The van der Waals surface area contributed by atoms with Crippen molar-refractivity contribution in [1.29, 1.82) is 0 Å². The van der Waals surface area contributed by atoms with E-state index in [-0.39, 0.29) is 5.82 Å². The first kappa shape index (κ1) is 16.1. The molecule has 2 aromatic heterocycles. The highest BCUT2D eigenvalue weighted by Crippen LogP contribution is 2.42. The van der Waals surface area contributed by atoms with Crippen LogP contribution >= 0.6 is 22.6 Å². The van der Waals surface area contributed by atoms with E-state index in [1.807, 2.05) is 19.1 Å². The molecule has 23 heavy (non-hydrogen) atoms. The molecule has 118 valence electrons. The first-order valence-corrected chi connectivity index (χ1v) is 8.05. The molecule has 0 aliphatic heterocycles. The lowest BCUT2D eigenvalue weighted by Gasteiger charge is -2.23. The van der Waals surface area contributed by atoms with Gasteiger partial charge in [0.2, 0.25) is 0 Å². The van der Waals surface area contributed by atoms with Crippen molar-refractivity contribution >= 4 is 33.5 Å². The van der Waals surface area contributed by atoms with Gasteiger partial charge in [-0.1, -0.05) is 28.7 Å². The summed E-state index contributed by atoms with van der Waals surface area (Å²) < 4.78 is 18.6. The summed E-state index contributed by atoms with van der Waals surface area (Å²) >= 11 is 2.13. The maximum Gasteiger partial charge on any atom is 0.138 e. The van der Waals surface area contributed by atoms with Crippen LogP contribution in [0.1, 0.15) is 12.6 Å². The molecule has 2 heterocycles. The Labute approximate surface area is 147 Å². The van der Waals surface area contributed by atoms with Crippen LogP contribution < -0.4 is 10.5 Å². The number of rotatable bonds is 3.